The first-order chi connectivity index (χ1) is 9.20. The Hall–Kier alpha value is -0.680. The Morgan fingerprint density at radius 2 is 2.00 bits per heavy atom. The molecule has 2 aromatic rings. The first-order valence-electron chi connectivity index (χ1n) is 6.35. The topological polar surface area (TPSA) is 35.2 Å². The van der Waals surface area contributed by atoms with Crippen molar-refractivity contribution in [3.63, 3.8) is 0 Å². The lowest BCUT2D eigenvalue weighted by molar-refractivity contribution is 0.0227. The number of thiophene rings is 1. The van der Waals surface area contributed by atoms with E-state index >= 15 is 0 Å². The summed E-state index contributed by atoms with van der Waals surface area (Å²) in [6, 6.07) is 12.3. The second kappa shape index (κ2) is 7.20. The number of nitrogens with two attached hydrogens (primary N) is 1. The molecular weight excluding hydrogens is 322 g/mol. The van der Waals surface area contributed by atoms with Crippen molar-refractivity contribution in [2.45, 2.75) is 32.1 Å². The molecule has 0 bridgehead atoms. The van der Waals surface area contributed by atoms with Crippen LogP contribution in [0.5, 0.6) is 0 Å². The Bertz CT molecular complexity index is 483. The molecule has 19 heavy (non-hydrogen) atoms. The van der Waals surface area contributed by atoms with Crippen LogP contribution in [0, 0.1) is 0 Å². The van der Waals surface area contributed by atoms with Crippen LogP contribution in [0.25, 0.3) is 0 Å². The summed E-state index contributed by atoms with van der Waals surface area (Å²) in [5.74, 6) is 0. The first kappa shape index (κ1) is 14.7. The predicted octanol–water partition coefficient (Wildman–Crippen LogP) is 4.51. The van der Waals surface area contributed by atoms with Crippen LogP contribution in [0.2, 0.25) is 0 Å². The largest absolute Gasteiger partial charge is 0.366 e. The van der Waals surface area contributed by atoms with Gasteiger partial charge in [0.2, 0.25) is 0 Å². The third-order valence-corrected chi connectivity index (χ3v) is 4.42. The van der Waals surface area contributed by atoms with Gasteiger partial charge in [0.05, 0.1) is 12.7 Å². The summed E-state index contributed by atoms with van der Waals surface area (Å²) in [5, 5.41) is 2.06. The summed E-state index contributed by atoms with van der Waals surface area (Å²) in [6.07, 6.45) is 0.839. The van der Waals surface area contributed by atoms with Gasteiger partial charge in [0, 0.05) is 15.4 Å². The molecule has 0 spiro atoms. The molecule has 0 aliphatic heterocycles. The summed E-state index contributed by atoms with van der Waals surface area (Å²) in [5.41, 5.74) is 7.33. The van der Waals surface area contributed by atoms with Crippen molar-refractivity contribution >= 4 is 27.3 Å². The van der Waals surface area contributed by atoms with Gasteiger partial charge in [-0.3, -0.25) is 0 Å². The van der Waals surface area contributed by atoms with Crippen LogP contribution >= 0.6 is 27.3 Å². The normalized spacial score (nSPS) is 14.3. The summed E-state index contributed by atoms with van der Waals surface area (Å²) in [6.45, 7) is 2.71. The molecule has 102 valence electrons. The Labute approximate surface area is 126 Å². The smallest absolute Gasteiger partial charge is 0.0980 e. The highest BCUT2D eigenvalue weighted by atomic mass is 79.9. The molecule has 2 rings (SSSR count). The zero-order chi connectivity index (χ0) is 13.7. The van der Waals surface area contributed by atoms with Gasteiger partial charge in [-0.2, -0.15) is 0 Å². The number of rotatable bonds is 6. The minimum absolute atomic E-state index is 0.0149. The highest BCUT2D eigenvalue weighted by molar-refractivity contribution is 9.10. The van der Waals surface area contributed by atoms with E-state index < -0.39 is 0 Å². The fourth-order valence-electron chi connectivity index (χ4n) is 1.90. The monoisotopic (exact) mass is 339 g/mol. The van der Waals surface area contributed by atoms with E-state index in [9.17, 15) is 0 Å². The van der Waals surface area contributed by atoms with Gasteiger partial charge < -0.3 is 10.5 Å². The van der Waals surface area contributed by atoms with Crippen LogP contribution in [0.1, 0.15) is 29.9 Å². The minimum Gasteiger partial charge on any atom is -0.366 e. The van der Waals surface area contributed by atoms with Crippen LogP contribution < -0.4 is 5.73 Å². The highest BCUT2D eigenvalue weighted by Gasteiger charge is 2.19. The summed E-state index contributed by atoms with van der Waals surface area (Å²) in [7, 11) is 0. The molecule has 0 radical (unpaired) electrons. The van der Waals surface area contributed by atoms with Crippen LogP contribution in [-0.4, -0.2) is 6.04 Å². The van der Waals surface area contributed by atoms with E-state index in [4.69, 9.17) is 10.5 Å². The second-order valence-corrected chi connectivity index (χ2v) is 6.38. The zero-order valence-electron chi connectivity index (χ0n) is 10.9. The van der Waals surface area contributed by atoms with Gasteiger partial charge >= 0.3 is 0 Å². The molecule has 1 aromatic carbocycles. The van der Waals surface area contributed by atoms with Gasteiger partial charge in [-0.15, -0.1) is 11.3 Å². The van der Waals surface area contributed by atoms with E-state index in [1.54, 1.807) is 11.3 Å². The average Bonchev–Trinajstić information content (AvgIpc) is 2.93. The lowest BCUT2D eigenvalue weighted by Crippen LogP contribution is -2.29. The molecule has 2 nitrogen and oxygen atoms in total. The molecule has 4 heteroatoms. The fraction of sp³-hybridized carbons (Fsp3) is 0.333. The number of hydrogen-bond donors (Lipinski definition) is 1. The number of hydrogen-bond acceptors (Lipinski definition) is 3. The molecule has 2 N–H and O–H groups in total. The van der Waals surface area contributed by atoms with Crippen molar-refractivity contribution in [2.75, 3.05) is 0 Å². The summed E-state index contributed by atoms with van der Waals surface area (Å²) < 4.78 is 7.10. The maximum Gasteiger partial charge on any atom is 0.0980 e. The van der Waals surface area contributed by atoms with E-state index in [1.807, 2.05) is 18.2 Å². The van der Waals surface area contributed by atoms with Gasteiger partial charge in [0.25, 0.3) is 0 Å². The molecule has 2 unspecified atom stereocenters. The van der Waals surface area contributed by atoms with Crippen LogP contribution in [0.15, 0.2) is 46.3 Å². The molecule has 1 aromatic heterocycles. The van der Waals surface area contributed by atoms with E-state index in [1.165, 1.54) is 4.88 Å². The Kier molecular flexibility index (Phi) is 5.58. The van der Waals surface area contributed by atoms with E-state index in [-0.39, 0.29) is 12.1 Å². The van der Waals surface area contributed by atoms with Gasteiger partial charge in [0.15, 0.2) is 0 Å². The predicted molar refractivity (Wildman–Crippen MR) is 84.3 cm³/mol. The molecule has 0 aliphatic rings. The third-order valence-electron chi connectivity index (χ3n) is 3.04. The Morgan fingerprint density at radius 3 is 2.58 bits per heavy atom. The Balaban J connectivity index is 2.09. The van der Waals surface area contributed by atoms with Gasteiger partial charge in [0.1, 0.15) is 0 Å². The molecule has 0 saturated carbocycles. The van der Waals surface area contributed by atoms with Gasteiger partial charge in [-0.05, 0) is 35.6 Å². The molecule has 0 saturated heterocycles. The standard InChI is InChI=1S/C15H18BrNOS/c1-2-14(17)15(11-5-7-12(16)8-6-11)18-10-13-4-3-9-19-13/h3-9,14-15H,2,10,17H2,1H3. The summed E-state index contributed by atoms with van der Waals surface area (Å²) >= 11 is 5.16. The SMILES string of the molecule is CCC(N)C(OCc1cccs1)c1ccc(Br)cc1. The first-order valence-corrected chi connectivity index (χ1v) is 8.03. The van der Waals surface area contributed by atoms with Crippen molar-refractivity contribution in [1.82, 2.24) is 0 Å². The lowest BCUT2D eigenvalue weighted by atomic mass is 10.0. The number of benzene rings is 1. The van der Waals surface area contributed by atoms with Crippen molar-refractivity contribution in [3.8, 4) is 0 Å². The molecular formula is C15H18BrNOS. The quantitative estimate of drug-likeness (QED) is 0.840. The maximum absolute atomic E-state index is 6.19. The van der Waals surface area contributed by atoms with Crippen molar-refractivity contribution in [3.05, 3.63) is 56.7 Å². The summed E-state index contributed by atoms with van der Waals surface area (Å²) in [4.78, 5) is 1.23. The molecule has 0 aliphatic carbocycles. The van der Waals surface area contributed by atoms with E-state index in [0.717, 1.165) is 16.5 Å². The molecule has 2 atom stereocenters. The van der Waals surface area contributed by atoms with Crippen LogP contribution in [-0.2, 0) is 11.3 Å². The molecule has 0 fully saturated rings. The van der Waals surface area contributed by atoms with Crippen molar-refractivity contribution in [2.24, 2.45) is 5.73 Å². The minimum atomic E-state index is -0.0554. The van der Waals surface area contributed by atoms with E-state index in [0.29, 0.717) is 6.61 Å². The van der Waals surface area contributed by atoms with Gasteiger partial charge in [-0.1, -0.05) is 41.1 Å². The maximum atomic E-state index is 6.19. The highest BCUT2D eigenvalue weighted by Crippen LogP contribution is 2.25. The van der Waals surface area contributed by atoms with E-state index in [2.05, 4.69) is 46.4 Å². The number of ether oxygens (including phenoxy) is 1. The van der Waals surface area contributed by atoms with Crippen LogP contribution in [0.3, 0.4) is 0 Å². The lowest BCUT2D eigenvalue weighted by Gasteiger charge is -2.23. The Morgan fingerprint density at radius 1 is 1.26 bits per heavy atom. The second-order valence-electron chi connectivity index (χ2n) is 4.43. The average molecular weight is 340 g/mol. The number of halogens is 1. The van der Waals surface area contributed by atoms with Crippen LogP contribution in [0.4, 0.5) is 0 Å². The molecule has 0 amide bonds. The van der Waals surface area contributed by atoms with Gasteiger partial charge in [-0.25, -0.2) is 0 Å². The molecule has 1 heterocycles. The van der Waals surface area contributed by atoms with Crippen molar-refractivity contribution < 1.29 is 4.74 Å². The zero-order valence-corrected chi connectivity index (χ0v) is 13.3. The fourth-order valence-corrected chi connectivity index (χ4v) is 2.79. The van der Waals surface area contributed by atoms with Crippen molar-refractivity contribution in [1.29, 1.82) is 0 Å². The third kappa shape index (κ3) is 4.14.